The molecular formula is C10H8F2N2O2. The molecule has 1 aromatic rings. The largest absolute Gasteiger partial charge is 0.322 e. The molecule has 1 atom stereocenters. The number of carbonyl (C=O) groups is 2. The standard InChI is InChI=1S/C10H8F2N2O2/c1-10(8(15)13-9(16)14-10)7-5(11)3-2-4-6(7)12/h2-4H,1H3,(H2,13,14,15,16)/t10-/m1/s1. The predicted molar refractivity (Wildman–Crippen MR) is 50.4 cm³/mol. The van der Waals surface area contributed by atoms with Crippen LogP contribution in [0.4, 0.5) is 13.6 Å². The summed E-state index contributed by atoms with van der Waals surface area (Å²) in [5, 5.41) is 4.14. The van der Waals surface area contributed by atoms with Crippen molar-refractivity contribution in [2.45, 2.75) is 12.5 Å². The van der Waals surface area contributed by atoms with Gasteiger partial charge in [0.1, 0.15) is 17.2 Å². The smallest absolute Gasteiger partial charge is 0.319 e. The number of hydrogen-bond acceptors (Lipinski definition) is 2. The SMILES string of the molecule is C[C@]1(c2c(F)cccc2F)NC(=O)NC1=O. The predicted octanol–water partition coefficient (Wildman–Crippen LogP) is 1.02. The zero-order valence-electron chi connectivity index (χ0n) is 8.30. The van der Waals surface area contributed by atoms with E-state index in [9.17, 15) is 18.4 Å². The monoisotopic (exact) mass is 226 g/mol. The Kier molecular flexibility index (Phi) is 2.15. The minimum absolute atomic E-state index is 0.460. The lowest BCUT2D eigenvalue weighted by Gasteiger charge is -2.21. The van der Waals surface area contributed by atoms with E-state index in [0.717, 1.165) is 12.1 Å². The summed E-state index contributed by atoms with van der Waals surface area (Å²) in [5.41, 5.74) is -2.16. The highest BCUT2D eigenvalue weighted by Gasteiger charge is 2.46. The molecule has 1 heterocycles. The van der Waals surface area contributed by atoms with Crippen molar-refractivity contribution < 1.29 is 18.4 Å². The molecule has 0 radical (unpaired) electrons. The van der Waals surface area contributed by atoms with Crippen LogP contribution < -0.4 is 10.6 Å². The Labute approximate surface area is 89.6 Å². The number of benzene rings is 1. The van der Waals surface area contributed by atoms with Crippen LogP contribution in [0.1, 0.15) is 12.5 Å². The van der Waals surface area contributed by atoms with Gasteiger partial charge in [-0.25, -0.2) is 13.6 Å². The van der Waals surface area contributed by atoms with E-state index in [1.807, 2.05) is 5.32 Å². The van der Waals surface area contributed by atoms with Gasteiger partial charge in [0, 0.05) is 0 Å². The molecule has 1 saturated heterocycles. The van der Waals surface area contributed by atoms with Crippen molar-refractivity contribution in [3.05, 3.63) is 35.4 Å². The topological polar surface area (TPSA) is 58.2 Å². The van der Waals surface area contributed by atoms with Crippen molar-refractivity contribution in [1.29, 1.82) is 0 Å². The molecule has 0 aliphatic carbocycles. The van der Waals surface area contributed by atoms with Gasteiger partial charge in [0.05, 0.1) is 5.56 Å². The van der Waals surface area contributed by atoms with Crippen LogP contribution in [-0.4, -0.2) is 11.9 Å². The summed E-state index contributed by atoms with van der Waals surface area (Å²) in [6.45, 7) is 1.24. The average molecular weight is 226 g/mol. The third-order valence-electron chi connectivity index (χ3n) is 2.51. The molecule has 1 fully saturated rings. The zero-order valence-corrected chi connectivity index (χ0v) is 8.30. The van der Waals surface area contributed by atoms with Crippen molar-refractivity contribution >= 4 is 11.9 Å². The third kappa shape index (κ3) is 1.34. The Balaban J connectivity index is 2.60. The lowest BCUT2D eigenvalue weighted by atomic mass is 9.91. The molecule has 0 spiro atoms. The van der Waals surface area contributed by atoms with Crippen molar-refractivity contribution in [3.8, 4) is 0 Å². The Morgan fingerprint density at radius 3 is 2.19 bits per heavy atom. The molecular weight excluding hydrogens is 218 g/mol. The van der Waals surface area contributed by atoms with Crippen LogP contribution in [0.2, 0.25) is 0 Å². The molecule has 0 bridgehead atoms. The molecule has 2 rings (SSSR count). The number of nitrogens with one attached hydrogen (secondary N) is 2. The first-order valence-electron chi connectivity index (χ1n) is 4.53. The van der Waals surface area contributed by atoms with Gasteiger partial charge >= 0.3 is 6.03 Å². The first kappa shape index (κ1) is 10.5. The number of amides is 3. The number of halogens is 2. The Morgan fingerprint density at radius 1 is 1.19 bits per heavy atom. The fourth-order valence-electron chi connectivity index (χ4n) is 1.69. The maximum Gasteiger partial charge on any atom is 0.322 e. The average Bonchev–Trinajstić information content (AvgIpc) is 2.40. The van der Waals surface area contributed by atoms with Gasteiger partial charge in [-0.1, -0.05) is 6.07 Å². The van der Waals surface area contributed by atoms with E-state index < -0.39 is 34.7 Å². The Bertz CT molecular complexity index is 469. The normalized spacial score (nSPS) is 24.2. The van der Waals surface area contributed by atoms with Gasteiger partial charge in [-0.05, 0) is 19.1 Å². The van der Waals surface area contributed by atoms with Gasteiger partial charge in [-0.2, -0.15) is 0 Å². The quantitative estimate of drug-likeness (QED) is 0.702. The van der Waals surface area contributed by atoms with Crippen LogP contribution >= 0.6 is 0 Å². The van der Waals surface area contributed by atoms with E-state index >= 15 is 0 Å². The van der Waals surface area contributed by atoms with Crippen molar-refractivity contribution in [2.75, 3.05) is 0 Å². The molecule has 4 nitrogen and oxygen atoms in total. The molecule has 0 aromatic heterocycles. The van der Waals surface area contributed by atoms with E-state index in [4.69, 9.17) is 0 Å². The molecule has 0 unspecified atom stereocenters. The Morgan fingerprint density at radius 2 is 1.75 bits per heavy atom. The molecule has 0 saturated carbocycles. The molecule has 6 heteroatoms. The summed E-state index contributed by atoms with van der Waals surface area (Å²) in [7, 11) is 0. The van der Waals surface area contributed by atoms with Gasteiger partial charge in [0.25, 0.3) is 5.91 Å². The van der Waals surface area contributed by atoms with Crippen LogP contribution in [-0.2, 0) is 10.3 Å². The van der Waals surface area contributed by atoms with E-state index in [0.29, 0.717) is 0 Å². The van der Waals surface area contributed by atoms with Crippen molar-refractivity contribution in [1.82, 2.24) is 10.6 Å². The van der Waals surface area contributed by atoms with Gasteiger partial charge in [0.15, 0.2) is 0 Å². The van der Waals surface area contributed by atoms with E-state index in [2.05, 4.69) is 5.32 Å². The molecule has 3 amide bonds. The number of hydrogen-bond donors (Lipinski definition) is 2. The van der Waals surface area contributed by atoms with Gasteiger partial charge < -0.3 is 5.32 Å². The van der Waals surface area contributed by atoms with Crippen LogP contribution in [0, 0.1) is 11.6 Å². The first-order chi connectivity index (χ1) is 7.45. The fourth-order valence-corrected chi connectivity index (χ4v) is 1.69. The maximum atomic E-state index is 13.5. The van der Waals surface area contributed by atoms with Gasteiger partial charge in [-0.3, -0.25) is 10.1 Å². The lowest BCUT2D eigenvalue weighted by molar-refractivity contribution is -0.123. The summed E-state index contributed by atoms with van der Waals surface area (Å²) < 4.78 is 27.0. The second kappa shape index (κ2) is 3.26. The van der Waals surface area contributed by atoms with Crippen molar-refractivity contribution in [2.24, 2.45) is 0 Å². The highest BCUT2D eigenvalue weighted by atomic mass is 19.1. The third-order valence-corrected chi connectivity index (χ3v) is 2.51. The second-order valence-electron chi connectivity index (χ2n) is 3.63. The van der Waals surface area contributed by atoms with Crippen molar-refractivity contribution in [3.63, 3.8) is 0 Å². The van der Waals surface area contributed by atoms with Crippen LogP contribution in [0.15, 0.2) is 18.2 Å². The summed E-state index contributed by atoms with van der Waals surface area (Å²) in [6, 6.07) is 2.48. The van der Waals surface area contributed by atoms with E-state index in [-0.39, 0.29) is 0 Å². The number of rotatable bonds is 1. The number of imide groups is 1. The Hall–Kier alpha value is -1.98. The molecule has 84 valence electrons. The molecule has 16 heavy (non-hydrogen) atoms. The summed E-state index contributed by atoms with van der Waals surface area (Å²) in [6.07, 6.45) is 0. The van der Waals surface area contributed by atoms with Gasteiger partial charge in [0.2, 0.25) is 0 Å². The van der Waals surface area contributed by atoms with Crippen LogP contribution in [0.25, 0.3) is 0 Å². The number of carbonyl (C=O) groups excluding carboxylic acids is 2. The molecule has 1 aliphatic heterocycles. The fraction of sp³-hybridized carbons (Fsp3) is 0.200. The highest BCUT2D eigenvalue weighted by Crippen LogP contribution is 2.28. The summed E-state index contributed by atoms with van der Waals surface area (Å²) >= 11 is 0. The van der Waals surface area contributed by atoms with E-state index in [1.54, 1.807) is 0 Å². The second-order valence-corrected chi connectivity index (χ2v) is 3.63. The van der Waals surface area contributed by atoms with Crippen LogP contribution in [0.5, 0.6) is 0 Å². The number of urea groups is 1. The minimum atomic E-state index is -1.70. The summed E-state index contributed by atoms with van der Waals surface area (Å²) in [4.78, 5) is 22.5. The van der Waals surface area contributed by atoms with E-state index in [1.165, 1.54) is 13.0 Å². The maximum absolute atomic E-state index is 13.5. The minimum Gasteiger partial charge on any atom is -0.319 e. The zero-order chi connectivity index (χ0) is 11.9. The molecule has 2 N–H and O–H groups in total. The lowest BCUT2D eigenvalue weighted by Crippen LogP contribution is -2.42. The van der Waals surface area contributed by atoms with Gasteiger partial charge in [-0.15, -0.1) is 0 Å². The molecule has 1 aromatic carbocycles. The first-order valence-corrected chi connectivity index (χ1v) is 4.53. The highest BCUT2D eigenvalue weighted by molar-refractivity contribution is 6.07. The molecule has 1 aliphatic rings. The summed E-state index contributed by atoms with van der Waals surface area (Å²) in [5.74, 6) is -2.53. The van der Waals surface area contributed by atoms with Crippen LogP contribution in [0.3, 0.4) is 0 Å².